The summed E-state index contributed by atoms with van der Waals surface area (Å²) in [4.78, 5) is 14.3. The van der Waals surface area contributed by atoms with Gasteiger partial charge in [-0.15, -0.1) is 0 Å². The van der Waals surface area contributed by atoms with E-state index in [4.69, 9.17) is 4.74 Å². The van der Waals surface area contributed by atoms with E-state index < -0.39 is 5.60 Å². The van der Waals surface area contributed by atoms with E-state index in [-0.39, 0.29) is 11.5 Å². The van der Waals surface area contributed by atoms with Crippen molar-refractivity contribution in [1.82, 2.24) is 4.90 Å². The van der Waals surface area contributed by atoms with Gasteiger partial charge in [-0.2, -0.15) is 0 Å². The van der Waals surface area contributed by atoms with Crippen LogP contribution in [0, 0.1) is 0 Å². The van der Waals surface area contributed by atoms with E-state index in [1.807, 2.05) is 45.0 Å². The molecule has 1 aliphatic heterocycles. The largest absolute Gasteiger partial charge is 0.508 e. The molecule has 5 heteroatoms. The van der Waals surface area contributed by atoms with Gasteiger partial charge in [-0.05, 0) is 57.2 Å². The van der Waals surface area contributed by atoms with Crippen LogP contribution in [0.1, 0.15) is 50.3 Å². The predicted octanol–water partition coefficient (Wildman–Crippen LogP) is 5.65. The fourth-order valence-corrected chi connectivity index (χ4v) is 4.56. The Morgan fingerprint density at radius 3 is 2.38 bits per heavy atom. The number of ether oxygens (including phenoxy) is 1. The highest BCUT2D eigenvalue weighted by Gasteiger charge is 2.41. The van der Waals surface area contributed by atoms with E-state index in [2.05, 4.69) is 34.1 Å². The number of alkyl halides is 1. The average Bonchev–Trinajstić information content (AvgIpc) is 2.69. The number of carbonyl (C=O) groups is 1. The van der Waals surface area contributed by atoms with Gasteiger partial charge in [0.2, 0.25) is 0 Å². The summed E-state index contributed by atoms with van der Waals surface area (Å²) in [6, 6.07) is 16.3. The van der Waals surface area contributed by atoms with Crippen LogP contribution in [0.2, 0.25) is 0 Å². The number of likely N-dealkylation sites (tertiary alicyclic amines) is 1. The van der Waals surface area contributed by atoms with Crippen LogP contribution < -0.4 is 0 Å². The smallest absolute Gasteiger partial charge is 0.410 e. The lowest BCUT2D eigenvalue weighted by Crippen LogP contribution is -2.47. The highest BCUT2D eigenvalue weighted by Crippen LogP contribution is 2.45. The van der Waals surface area contributed by atoms with Crippen molar-refractivity contribution >= 4 is 22.0 Å². The molecule has 1 fully saturated rings. The maximum Gasteiger partial charge on any atom is 0.410 e. The highest BCUT2D eigenvalue weighted by molar-refractivity contribution is 9.09. The third-order valence-electron chi connectivity index (χ3n) is 5.55. The van der Waals surface area contributed by atoms with Gasteiger partial charge in [0.15, 0.2) is 0 Å². The van der Waals surface area contributed by atoms with Crippen LogP contribution in [0.3, 0.4) is 0 Å². The molecule has 0 aromatic heterocycles. The molecule has 1 heterocycles. The number of aromatic hydroxyl groups is 1. The number of phenolic OH excluding ortho intramolecular Hbond substituents is 1. The maximum atomic E-state index is 12.6. The van der Waals surface area contributed by atoms with Crippen LogP contribution in [0.25, 0.3) is 0 Å². The third-order valence-corrected chi connectivity index (χ3v) is 5.95. The summed E-state index contributed by atoms with van der Waals surface area (Å²) in [5.74, 6) is 0.317. The second kappa shape index (κ2) is 8.78. The Balaban J connectivity index is 1.95. The number of hydrogen-bond donors (Lipinski definition) is 1. The predicted molar refractivity (Wildman–Crippen MR) is 120 cm³/mol. The van der Waals surface area contributed by atoms with Gasteiger partial charge in [0.05, 0.1) is 0 Å². The molecule has 1 amide bonds. The minimum atomic E-state index is -0.507. The van der Waals surface area contributed by atoms with Crippen molar-refractivity contribution in [2.75, 3.05) is 18.4 Å². The number of phenols is 1. The number of hydrogen-bond acceptors (Lipinski definition) is 3. The van der Waals surface area contributed by atoms with E-state index in [1.54, 1.807) is 11.0 Å². The lowest BCUT2D eigenvalue weighted by atomic mass is 9.67. The molecule has 0 aliphatic carbocycles. The summed E-state index contributed by atoms with van der Waals surface area (Å²) >= 11 is 3.51. The van der Waals surface area contributed by atoms with Gasteiger partial charge in [0, 0.05) is 29.4 Å². The van der Waals surface area contributed by atoms with Crippen LogP contribution >= 0.6 is 15.9 Å². The van der Waals surface area contributed by atoms with Crippen LogP contribution in [0.5, 0.6) is 5.75 Å². The van der Waals surface area contributed by atoms with Crippen molar-refractivity contribution in [3.8, 4) is 5.75 Å². The van der Waals surface area contributed by atoms with E-state index in [0.29, 0.717) is 18.8 Å². The average molecular weight is 460 g/mol. The van der Waals surface area contributed by atoms with Gasteiger partial charge in [-0.25, -0.2) is 4.79 Å². The van der Waals surface area contributed by atoms with Crippen LogP contribution in [-0.2, 0) is 16.6 Å². The van der Waals surface area contributed by atoms with Gasteiger partial charge in [0.1, 0.15) is 11.4 Å². The SMILES string of the molecule is CC(C)(C)OC(=O)N1CCC(c2ccccc2)(c2cc(CCBr)ccc2O)CC1. The van der Waals surface area contributed by atoms with Crippen LogP contribution in [0.4, 0.5) is 4.79 Å². The van der Waals surface area contributed by atoms with Gasteiger partial charge in [-0.3, -0.25) is 0 Å². The van der Waals surface area contributed by atoms with Crippen molar-refractivity contribution in [2.45, 2.75) is 51.0 Å². The minimum absolute atomic E-state index is 0.267. The fourth-order valence-electron chi connectivity index (χ4n) is 4.10. The number of carbonyl (C=O) groups excluding carboxylic acids is 1. The molecule has 4 nitrogen and oxygen atoms in total. The zero-order chi connectivity index (χ0) is 21.1. The molecule has 29 heavy (non-hydrogen) atoms. The standard InChI is InChI=1S/C24H30BrNO3/c1-23(2,3)29-22(28)26-15-12-24(13-16-26,19-7-5-4-6-8-19)20-17-18(11-14-25)9-10-21(20)27/h4-10,17,27H,11-16H2,1-3H3. The second-order valence-corrected chi connectivity index (χ2v) is 9.50. The molecule has 0 radical (unpaired) electrons. The Labute approximate surface area is 182 Å². The highest BCUT2D eigenvalue weighted by atomic mass is 79.9. The molecule has 0 bridgehead atoms. The maximum absolute atomic E-state index is 12.6. The summed E-state index contributed by atoms with van der Waals surface area (Å²) in [6.07, 6.45) is 2.11. The Kier molecular flexibility index (Phi) is 6.57. The zero-order valence-corrected chi connectivity index (χ0v) is 19.0. The first-order chi connectivity index (χ1) is 13.7. The van der Waals surface area contributed by atoms with Gasteiger partial charge >= 0.3 is 6.09 Å². The molecule has 0 atom stereocenters. The molecule has 156 valence electrons. The van der Waals surface area contributed by atoms with Crippen LogP contribution in [0.15, 0.2) is 48.5 Å². The monoisotopic (exact) mass is 459 g/mol. The summed E-state index contributed by atoms with van der Waals surface area (Å²) in [6.45, 7) is 6.83. The summed E-state index contributed by atoms with van der Waals surface area (Å²) in [5.41, 5.74) is 2.49. The molecule has 1 N–H and O–H groups in total. The summed E-state index contributed by atoms with van der Waals surface area (Å²) < 4.78 is 5.56. The number of benzene rings is 2. The Hall–Kier alpha value is -2.01. The second-order valence-electron chi connectivity index (χ2n) is 8.71. The number of rotatable bonds is 4. The van der Waals surface area contributed by atoms with Crippen molar-refractivity contribution in [3.63, 3.8) is 0 Å². The van der Waals surface area contributed by atoms with Crippen molar-refractivity contribution in [1.29, 1.82) is 0 Å². The first-order valence-corrected chi connectivity index (χ1v) is 11.3. The Bertz CT molecular complexity index is 837. The molecular formula is C24H30BrNO3. The third kappa shape index (κ3) is 4.95. The van der Waals surface area contributed by atoms with E-state index in [9.17, 15) is 9.90 Å². The molecule has 0 unspecified atom stereocenters. The van der Waals surface area contributed by atoms with Crippen molar-refractivity contribution in [3.05, 3.63) is 65.2 Å². The normalized spacial score (nSPS) is 16.5. The number of amides is 1. The first-order valence-electron chi connectivity index (χ1n) is 10.2. The fraction of sp³-hybridized carbons (Fsp3) is 0.458. The molecule has 1 saturated heterocycles. The van der Waals surface area contributed by atoms with Crippen LogP contribution in [-0.4, -0.2) is 40.1 Å². The molecule has 2 aromatic carbocycles. The molecule has 0 spiro atoms. The van der Waals surface area contributed by atoms with Gasteiger partial charge in [-0.1, -0.05) is 58.4 Å². The number of piperidine rings is 1. The van der Waals surface area contributed by atoms with Gasteiger partial charge < -0.3 is 14.7 Å². The summed E-state index contributed by atoms with van der Waals surface area (Å²) in [5, 5.41) is 11.7. The zero-order valence-electron chi connectivity index (χ0n) is 17.5. The summed E-state index contributed by atoms with van der Waals surface area (Å²) in [7, 11) is 0. The lowest BCUT2D eigenvalue weighted by molar-refractivity contribution is 0.0179. The van der Waals surface area contributed by atoms with E-state index >= 15 is 0 Å². The molecule has 3 rings (SSSR count). The van der Waals surface area contributed by atoms with E-state index in [1.165, 1.54) is 11.1 Å². The Morgan fingerprint density at radius 1 is 1.14 bits per heavy atom. The quantitative estimate of drug-likeness (QED) is 0.601. The molecule has 1 aliphatic rings. The molecule has 2 aromatic rings. The molecular weight excluding hydrogens is 430 g/mol. The topological polar surface area (TPSA) is 49.8 Å². The lowest BCUT2D eigenvalue weighted by Gasteiger charge is -2.43. The van der Waals surface area contributed by atoms with Crippen molar-refractivity contribution in [2.24, 2.45) is 0 Å². The molecule has 0 saturated carbocycles. The van der Waals surface area contributed by atoms with Crippen molar-refractivity contribution < 1.29 is 14.6 Å². The minimum Gasteiger partial charge on any atom is -0.508 e. The van der Waals surface area contributed by atoms with Gasteiger partial charge in [0.25, 0.3) is 0 Å². The first kappa shape index (κ1) is 21.7. The number of aryl methyl sites for hydroxylation is 1. The van der Waals surface area contributed by atoms with E-state index in [0.717, 1.165) is 30.2 Å². The Morgan fingerprint density at radius 2 is 1.79 bits per heavy atom. The number of halogens is 1. The number of nitrogens with zero attached hydrogens (tertiary/aromatic N) is 1.